The van der Waals surface area contributed by atoms with Crippen LogP contribution in [0.4, 0.5) is 0 Å². The Morgan fingerprint density at radius 1 is 1.38 bits per heavy atom. The highest BCUT2D eigenvalue weighted by molar-refractivity contribution is 14.0. The number of halogens is 1. The Hall–Kier alpha value is -1.16. The average Bonchev–Trinajstić information content (AvgIpc) is 3.33. The number of hydrogen-bond acceptors (Lipinski definition) is 4. The largest absolute Gasteiger partial charge is 0.354 e. The fourth-order valence-electron chi connectivity index (χ4n) is 2.78. The second-order valence-corrected chi connectivity index (χ2v) is 6.67. The molecule has 24 heavy (non-hydrogen) atoms. The molecule has 0 unspecified atom stereocenters. The molecular weight excluding hydrogens is 435 g/mol. The first-order chi connectivity index (χ1) is 11.4. The van der Waals surface area contributed by atoms with Gasteiger partial charge in [-0.3, -0.25) is 0 Å². The van der Waals surface area contributed by atoms with Gasteiger partial charge in [-0.1, -0.05) is 13.0 Å². The molecule has 3 rings (SSSR count). The van der Waals surface area contributed by atoms with Gasteiger partial charge >= 0.3 is 0 Å². The molecule has 2 aromatic heterocycles. The van der Waals surface area contributed by atoms with Crippen molar-refractivity contribution in [1.82, 2.24) is 25.0 Å². The highest BCUT2D eigenvalue weighted by Gasteiger charge is 2.16. The number of aryl methyl sites for hydroxylation is 1. The zero-order chi connectivity index (χ0) is 15.9. The number of rotatable bonds is 6. The van der Waals surface area contributed by atoms with Crippen molar-refractivity contribution >= 4 is 41.3 Å². The lowest BCUT2D eigenvalue weighted by atomic mass is 10.4. The predicted octanol–water partition coefficient (Wildman–Crippen LogP) is 2.76. The van der Waals surface area contributed by atoms with E-state index in [0.29, 0.717) is 0 Å². The molecule has 0 saturated carbocycles. The molecule has 132 valence electrons. The summed E-state index contributed by atoms with van der Waals surface area (Å²) in [5.74, 6) is 2.06. The van der Waals surface area contributed by atoms with Crippen molar-refractivity contribution in [2.24, 2.45) is 4.99 Å². The minimum atomic E-state index is 0. The molecule has 6 nitrogen and oxygen atoms in total. The second kappa shape index (κ2) is 9.97. The summed E-state index contributed by atoms with van der Waals surface area (Å²) in [7, 11) is 0. The van der Waals surface area contributed by atoms with Crippen molar-refractivity contribution in [1.29, 1.82) is 0 Å². The SMILES string of the molecule is CCc1nncn1CCNC(=NCc1cccs1)N1CCCC1.I. The van der Waals surface area contributed by atoms with Crippen LogP contribution in [0.25, 0.3) is 0 Å². The number of nitrogens with zero attached hydrogens (tertiary/aromatic N) is 5. The van der Waals surface area contributed by atoms with Gasteiger partial charge in [0.1, 0.15) is 12.2 Å². The molecule has 0 aliphatic carbocycles. The zero-order valence-corrected chi connectivity index (χ0v) is 17.2. The summed E-state index contributed by atoms with van der Waals surface area (Å²) in [5.41, 5.74) is 0. The lowest BCUT2D eigenvalue weighted by Gasteiger charge is -2.21. The first-order valence-electron chi connectivity index (χ1n) is 8.29. The van der Waals surface area contributed by atoms with E-state index in [-0.39, 0.29) is 24.0 Å². The van der Waals surface area contributed by atoms with E-state index in [9.17, 15) is 0 Å². The van der Waals surface area contributed by atoms with Gasteiger partial charge in [0, 0.05) is 37.5 Å². The third-order valence-electron chi connectivity index (χ3n) is 4.02. The number of aromatic nitrogens is 3. The number of guanidine groups is 1. The summed E-state index contributed by atoms with van der Waals surface area (Å²) in [6.07, 6.45) is 5.22. The van der Waals surface area contributed by atoms with Crippen LogP contribution in [0, 0.1) is 0 Å². The molecule has 1 N–H and O–H groups in total. The maximum Gasteiger partial charge on any atom is 0.194 e. The fraction of sp³-hybridized carbons (Fsp3) is 0.562. The quantitative estimate of drug-likeness (QED) is 0.409. The Morgan fingerprint density at radius 2 is 2.21 bits per heavy atom. The molecular formula is C16H25IN6S. The van der Waals surface area contributed by atoms with Gasteiger partial charge < -0.3 is 14.8 Å². The number of nitrogens with one attached hydrogen (secondary N) is 1. The van der Waals surface area contributed by atoms with Crippen LogP contribution in [0.15, 0.2) is 28.8 Å². The fourth-order valence-corrected chi connectivity index (χ4v) is 3.41. The zero-order valence-electron chi connectivity index (χ0n) is 14.0. The summed E-state index contributed by atoms with van der Waals surface area (Å²) in [5, 5.41) is 13.7. The van der Waals surface area contributed by atoms with Crippen LogP contribution in [-0.4, -0.2) is 45.3 Å². The number of likely N-dealkylation sites (tertiary alicyclic amines) is 1. The van der Waals surface area contributed by atoms with Crippen molar-refractivity contribution in [3.63, 3.8) is 0 Å². The van der Waals surface area contributed by atoms with Crippen LogP contribution in [0.3, 0.4) is 0 Å². The Bertz CT molecular complexity index is 618. The molecule has 0 bridgehead atoms. The van der Waals surface area contributed by atoms with Crippen LogP contribution in [-0.2, 0) is 19.5 Å². The van der Waals surface area contributed by atoms with Crippen LogP contribution in [0.5, 0.6) is 0 Å². The molecule has 1 aliphatic heterocycles. The van der Waals surface area contributed by atoms with Gasteiger partial charge in [-0.15, -0.1) is 45.5 Å². The van der Waals surface area contributed by atoms with Gasteiger partial charge in [-0.05, 0) is 24.3 Å². The summed E-state index contributed by atoms with van der Waals surface area (Å²) >= 11 is 1.76. The Morgan fingerprint density at radius 3 is 2.92 bits per heavy atom. The molecule has 1 aliphatic rings. The van der Waals surface area contributed by atoms with Gasteiger partial charge in [-0.2, -0.15) is 0 Å². The van der Waals surface area contributed by atoms with Crippen molar-refractivity contribution in [2.75, 3.05) is 19.6 Å². The normalized spacial score (nSPS) is 14.7. The highest BCUT2D eigenvalue weighted by atomic mass is 127. The Kier molecular flexibility index (Phi) is 7.97. The van der Waals surface area contributed by atoms with Crippen molar-refractivity contribution in [3.05, 3.63) is 34.5 Å². The third-order valence-corrected chi connectivity index (χ3v) is 4.88. The first kappa shape index (κ1) is 19.2. The molecule has 1 saturated heterocycles. The molecule has 8 heteroatoms. The van der Waals surface area contributed by atoms with Gasteiger partial charge in [0.05, 0.1) is 6.54 Å². The molecule has 0 atom stereocenters. The smallest absolute Gasteiger partial charge is 0.194 e. The predicted molar refractivity (Wildman–Crippen MR) is 109 cm³/mol. The monoisotopic (exact) mass is 460 g/mol. The van der Waals surface area contributed by atoms with E-state index in [0.717, 1.165) is 50.9 Å². The van der Waals surface area contributed by atoms with Crippen LogP contribution in [0.1, 0.15) is 30.5 Å². The van der Waals surface area contributed by atoms with E-state index < -0.39 is 0 Å². The standard InChI is InChI=1S/C16H24N6S.HI/c1-2-15-20-19-13-22(15)10-7-17-16(21-8-3-4-9-21)18-12-14-6-5-11-23-14;/h5-6,11,13H,2-4,7-10,12H2,1H3,(H,17,18);1H. The van der Waals surface area contributed by atoms with Gasteiger partial charge in [0.2, 0.25) is 0 Å². The van der Waals surface area contributed by atoms with Crippen LogP contribution < -0.4 is 5.32 Å². The van der Waals surface area contributed by atoms with Crippen molar-refractivity contribution in [3.8, 4) is 0 Å². The van der Waals surface area contributed by atoms with Crippen molar-refractivity contribution in [2.45, 2.75) is 39.3 Å². The van der Waals surface area contributed by atoms with E-state index in [1.165, 1.54) is 17.7 Å². The minimum Gasteiger partial charge on any atom is -0.354 e. The van der Waals surface area contributed by atoms with Gasteiger partial charge in [-0.25, -0.2) is 4.99 Å². The van der Waals surface area contributed by atoms with Gasteiger partial charge in [0.25, 0.3) is 0 Å². The first-order valence-corrected chi connectivity index (χ1v) is 9.17. The van der Waals surface area contributed by atoms with Gasteiger partial charge in [0.15, 0.2) is 5.96 Å². The van der Waals surface area contributed by atoms with Crippen molar-refractivity contribution < 1.29 is 0 Å². The topological polar surface area (TPSA) is 58.3 Å². The minimum absolute atomic E-state index is 0. The summed E-state index contributed by atoms with van der Waals surface area (Å²) in [6, 6.07) is 4.22. The maximum absolute atomic E-state index is 4.81. The molecule has 0 spiro atoms. The van der Waals surface area contributed by atoms with E-state index in [4.69, 9.17) is 4.99 Å². The molecule has 2 aromatic rings. The maximum atomic E-state index is 4.81. The summed E-state index contributed by atoms with van der Waals surface area (Å²) in [6.45, 7) is 6.76. The summed E-state index contributed by atoms with van der Waals surface area (Å²) < 4.78 is 2.11. The Balaban J connectivity index is 0.00000208. The third kappa shape index (κ3) is 5.17. The number of hydrogen-bond donors (Lipinski definition) is 1. The van der Waals surface area contributed by atoms with E-state index in [1.807, 2.05) is 0 Å². The average molecular weight is 460 g/mol. The molecule has 0 radical (unpaired) electrons. The van der Waals surface area contributed by atoms with E-state index in [1.54, 1.807) is 17.7 Å². The lowest BCUT2D eigenvalue weighted by molar-refractivity contribution is 0.486. The van der Waals surface area contributed by atoms with E-state index >= 15 is 0 Å². The number of thiophene rings is 1. The molecule has 0 aromatic carbocycles. The molecule has 3 heterocycles. The number of aliphatic imine (C=N–C) groups is 1. The summed E-state index contributed by atoms with van der Waals surface area (Å²) in [4.78, 5) is 8.47. The highest BCUT2D eigenvalue weighted by Crippen LogP contribution is 2.12. The van der Waals surface area contributed by atoms with Crippen LogP contribution in [0.2, 0.25) is 0 Å². The van der Waals surface area contributed by atoms with Crippen LogP contribution >= 0.6 is 35.3 Å². The lowest BCUT2D eigenvalue weighted by Crippen LogP contribution is -2.41. The Labute approximate surface area is 164 Å². The second-order valence-electron chi connectivity index (χ2n) is 5.63. The molecule has 0 amide bonds. The van der Waals surface area contributed by atoms with E-state index in [2.05, 4.69) is 49.4 Å². The molecule has 1 fully saturated rings.